The molecule has 0 bridgehead atoms. The van der Waals surface area contributed by atoms with Crippen LogP contribution in [0.25, 0.3) is 0 Å². The Labute approximate surface area is 136 Å². The summed E-state index contributed by atoms with van der Waals surface area (Å²) in [6.45, 7) is 4.12. The van der Waals surface area contributed by atoms with Crippen LogP contribution in [0.5, 0.6) is 5.75 Å². The quantitative estimate of drug-likeness (QED) is 0.870. The van der Waals surface area contributed by atoms with Crippen molar-refractivity contribution in [1.82, 2.24) is 0 Å². The first kappa shape index (κ1) is 17.0. The molecule has 3 nitrogen and oxygen atoms in total. The van der Waals surface area contributed by atoms with Crippen LogP contribution < -0.4 is 10.1 Å². The summed E-state index contributed by atoms with van der Waals surface area (Å²) in [4.78, 5) is 12.3. The number of ether oxygens (including phenoxy) is 1. The van der Waals surface area contributed by atoms with Crippen molar-refractivity contribution in [2.24, 2.45) is 0 Å². The van der Waals surface area contributed by atoms with Gasteiger partial charge in [0.2, 0.25) is 5.91 Å². The Bertz CT molecular complexity index is 676. The van der Waals surface area contributed by atoms with Gasteiger partial charge in [-0.3, -0.25) is 4.79 Å². The molecule has 1 N–H and O–H groups in total. The van der Waals surface area contributed by atoms with Crippen LogP contribution in [0.4, 0.5) is 10.1 Å². The van der Waals surface area contributed by atoms with Gasteiger partial charge >= 0.3 is 0 Å². The highest BCUT2D eigenvalue weighted by Crippen LogP contribution is 2.23. The van der Waals surface area contributed by atoms with Gasteiger partial charge in [-0.15, -0.1) is 0 Å². The van der Waals surface area contributed by atoms with Gasteiger partial charge in [-0.1, -0.05) is 38.1 Å². The second kappa shape index (κ2) is 7.77. The maximum atomic E-state index is 13.7. The monoisotopic (exact) mass is 315 g/mol. The summed E-state index contributed by atoms with van der Waals surface area (Å²) >= 11 is 0. The minimum absolute atomic E-state index is 0.127. The molecule has 0 heterocycles. The average Bonchev–Trinajstić information content (AvgIpc) is 2.55. The molecule has 0 saturated heterocycles. The van der Waals surface area contributed by atoms with E-state index in [0.29, 0.717) is 5.56 Å². The number of methoxy groups -OCH3 is 1. The average molecular weight is 315 g/mol. The number of carbonyl (C=O) groups excluding carboxylic acids is 1. The number of hydrogen-bond acceptors (Lipinski definition) is 2. The third-order valence-electron chi connectivity index (χ3n) is 3.84. The predicted octanol–water partition coefficient (Wildman–Crippen LogP) is 4.14. The van der Waals surface area contributed by atoms with Crippen molar-refractivity contribution in [3.8, 4) is 5.75 Å². The van der Waals surface area contributed by atoms with Crippen molar-refractivity contribution in [3.63, 3.8) is 0 Å². The molecule has 0 radical (unpaired) electrons. The zero-order valence-corrected chi connectivity index (χ0v) is 13.8. The molecule has 122 valence electrons. The minimum Gasteiger partial charge on any atom is -0.494 e. The molecule has 0 unspecified atom stereocenters. The number of anilines is 1. The summed E-state index contributed by atoms with van der Waals surface area (Å²) in [6, 6.07) is 10.6. The maximum absolute atomic E-state index is 13.7. The van der Waals surface area contributed by atoms with Crippen molar-refractivity contribution in [2.45, 2.75) is 33.1 Å². The van der Waals surface area contributed by atoms with Crippen molar-refractivity contribution in [3.05, 3.63) is 58.9 Å². The number of rotatable bonds is 6. The molecule has 1 amide bonds. The van der Waals surface area contributed by atoms with E-state index in [9.17, 15) is 9.18 Å². The fourth-order valence-electron chi connectivity index (χ4n) is 2.59. The predicted molar refractivity (Wildman–Crippen MR) is 90.5 cm³/mol. The van der Waals surface area contributed by atoms with E-state index in [2.05, 4.69) is 19.2 Å². The third-order valence-corrected chi connectivity index (χ3v) is 3.84. The Morgan fingerprint density at radius 2 is 1.78 bits per heavy atom. The Morgan fingerprint density at radius 3 is 2.30 bits per heavy atom. The molecule has 0 atom stereocenters. The molecule has 0 spiro atoms. The van der Waals surface area contributed by atoms with Crippen LogP contribution >= 0.6 is 0 Å². The summed E-state index contributed by atoms with van der Waals surface area (Å²) in [7, 11) is 1.42. The molecule has 0 saturated carbocycles. The van der Waals surface area contributed by atoms with Crippen LogP contribution in [-0.4, -0.2) is 13.0 Å². The highest BCUT2D eigenvalue weighted by Gasteiger charge is 2.12. The fraction of sp³-hybridized carbons (Fsp3) is 0.316. The number of nitrogens with one attached hydrogen (secondary N) is 1. The van der Waals surface area contributed by atoms with E-state index < -0.39 is 5.82 Å². The summed E-state index contributed by atoms with van der Waals surface area (Å²) in [5.41, 5.74) is 3.72. The standard InChI is InChI=1S/C19H22FNO2/c1-4-14-7-6-8-15(5-2)19(14)21-18(22)12-13-9-10-17(23-3)16(20)11-13/h6-11H,4-5,12H2,1-3H3,(H,21,22). The SMILES string of the molecule is CCc1cccc(CC)c1NC(=O)Cc1ccc(OC)c(F)c1. The molecule has 2 aromatic carbocycles. The summed E-state index contributed by atoms with van der Waals surface area (Å²) in [5, 5.41) is 2.98. The summed E-state index contributed by atoms with van der Waals surface area (Å²) in [5.74, 6) is -0.426. The smallest absolute Gasteiger partial charge is 0.228 e. The van der Waals surface area contributed by atoms with Crippen molar-refractivity contribution < 1.29 is 13.9 Å². The molecule has 2 rings (SSSR count). The van der Waals surface area contributed by atoms with Crippen LogP contribution in [0, 0.1) is 5.82 Å². The molecule has 0 aliphatic rings. The Morgan fingerprint density at radius 1 is 1.13 bits per heavy atom. The van der Waals surface area contributed by atoms with Gasteiger partial charge in [-0.25, -0.2) is 4.39 Å². The lowest BCUT2D eigenvalue weighted by atomic mass is 10.0. The number of halogens is 1. The first-order chi connectivity index (χ1) is 11.1. The minimum atomic E-state index is -0.457. The molecule has 2 aromatic rings. The van der Waals surface area contributed by atoms with E-state index in [0.717, 1.165) is 29.7 Å². The fourth-order valence-corrected chi connectivity index (χ4v) is 2.59. The van der Waals surface area contributed by atoms with E-state index in [1.54, 1.807) is 6.07 Å². The second-order valence-corrected chi connectivity index (χ2v) is 5.35. The van der Waals surface area contributed by atoms with Gasteiger partial charge in [0.05, 0.1) is 13.5 Å². The van der Waals surface area contributed by atoms with Crippen LogP contribution in [0.15, 0.2) is 36.4 Å². The summed E-state index contributed by atoms with van der Waals surface area (Å²) < 4.78 is 18.6. The van der Waals surface area contributed by atoms with Gasteiger partial charge in [0.1, 0.15) is 0 Å². The van der Waals surface area contributed by atoms with Crippen LogP contribution in [-0.2, 0) is 24.1 Å². The van der Waals surface area contributed by atoms with E-state index >= 15 is 0 Å². The topological polar surface area (TPSA) is 38.3 Å². The number of benzene rings is 2. The van der Waals surface area contributed by atoms with Gasteiger partial charge in [-0.05, 0) is 41.7 Å². The lowest BCUT2D eigenvalue weighted by Gasteiger charge is -2.14. The third kappa shape index (κ3) is 4.09. The van der Waals surface area contributed by atoms with Gasteiger partial charge in [0.25, 0.3) is 0 Å². The normalized spacial score (nSPS) is 10.4. The van der Waals surface area contributed by atoms with Crippen molar-refractivity contribution in [2.75, 3.05) is 12.4 Å². The largest absolute Gasteiger partial charge is 0.494 e. The first-order valence-electron chi connectivity index (χ1n) is 7.82. The molecular formula is C19H22FNO2. The molecule has 0 aliphatic heterocycles. The lowest BCUT2D eigenvalue weighted by Crippen LogP contribution is -2.17. The number of hydrogen-bond donors (Lipinski definition) is 1. The zero-order valence-electron chi connectivity index (χ0n) is 13.8. The molecule has 0 aromatic heterocycles. The Hall–Kier alpha value is -2.36. The molecule has 23 heavy (non-hydrogen) atoms. The van der Waals surface area contributed by atoms with E-state index in [1.165, 1.54) is 19.2 Å². The van der Waals surface area contributed by atoms with E-state index in [1.807, 2.05) is 18.2 Å². The van der Waals surface area contributed by atoms with Crippen LogP contribution in [0.1, 0.15) is 30.5 Å². The maximum Gasteiger partial charge on any atom is 0.228 e. The Kier molecular flexibility index (Phi) is 5.74. The lowest BCUT2D eigenvalue weighted by molar-refractivity contribution is -0.115. The van der Waals surface area contributed by atoms with Gasteiger partial charge in [0, 0.05) is 5.69 Å². The van der Waals surface area contributed by atoms with Crippen molar-refractivity contribution in [1.29, 1.82) is 0 Å². The number of carbonyl (C=O) groups is 1. The van der Waals surface area contributed by atoms with Crippen LogP contribution in [0.3, 0.4) is 0 Å². The molecule has 0 aliphatic carbocycles. The van der Waals surface area contributed by atoms with Crippen molar-refractivity contribution >= 4 is 11.6 Å². The van der Waals surface area contributed by atoms with Gasteiger partial charge in [0.15, 0.2) is 11.6 Å². The second-order valence-electron chi connectivity index (χ2n) is 5.35. The van der Waals surface area contributed by atoms with E-state index in [-0.39, 0.29) is 18.1 Å². The molecule has 0 fully saturated rings. The van der Waals surface area contributed by atoms with E-state index in [4.69, 9.17) is 4.74 Å². The number of para-hydroxylation sites is 1. The summed E-state index contributed by atoms with van der Waals surface area (Å²) in [6.07, 6.45) is 1.82. The van der Waals surface area contributed by atoms with Gasteiger partial charge < -0.3 is 10.1 Å². The molecule has 4 heteroatoms. The zero-order chi connectivity index (χ0) is 16.8. The number of amides is 1. The number of aryl methyl sites for hydroxylation is 2. The highest BCUT2D eigenvalue weighted by molar-refractivity contribution is 5.93. The Balaban J connectivity index is 2.15. The van der Waals surface area contributed by atoms with Crippen LogP contribution in [0.2, 0.25) is 0 Å². The highest BCUT2D eigenvalue weighted by atomic mass is 19.1. The molecular weight excluding hydrogens is 293 g/mol. The van der Waals surface area contributed by atoms with Gasteiger partial charge in [-0.2, -0.15) is 0 Å². The first-order valence-corrected chi connectivity index (χ1v) is 7.82.